The van der Waals surface area contributed by atoms with Crippen molar-refractivity contribution in [3.8, 4) is 0 Å². The van der Waals surface area contributed by atoms with Crippen LogP contribution in [0.15, 0.2) is 35.7 Å². The molecular weight excluding hydrogens is 982 g/mol. The van der Waals surface area contributed by atoms with Gasteiger partial charge >= 0.3 is 56.0 Å². The van der Waals surface area contributed by atoms with Crippen molar-refractivity contribution in [2.75, 3.05) is 0 Å². The Bertz CT molecular complexity index is 1060. The average Bonchev–Trinajstić information content (AvgIpc) is 3.06. The second-order valence-corrected chi connectivity index (χ2v) is 24.3. The van der Waals surface area contributed by atoms with Gasteiger partial charge in [0.2, 0.25) is 0 Å². The van der Waals surface area contributed by atoms with Gasteiger partial charge in [-0.15, -0.1) is 0 Å². The number of hydrogen-bond acceptors (Lipinski definition) is 6. The molecule has 49 heavy (non-hydrogen) atoms. The summed E-state index contributed by atoms with van der Waals surface area (Å²) in [6, 6.07) is 0. The molecule has 0 spiro atoms. The summed E-state index contributed by atoms with van der Waals surface area (Å²) in [4.78, 5) is 0. The van der Waals surface area contributed by atoms with Gasteiger partial charge in [-0.05, 0) is 20.8 Å². The van der Waals surface area contributed by atoms with E-state index in [1.807, 2.05) is 27.7 Å². The van der Waals surface area contributed by atoms with E-state index in [2.05, 4.69) is 94.8 Å². The fourth-order valence-corrected chi connectivity index (χ4v) is 22.0. The van der Waals surface area contributed by atoms with Crippen molar-refractivity contribution in [1.82, 2.24) is 0 Å². The Labute approximate surface area is 375 Å². The largest absolute Gasteiger partial charge is 1.00 e. The quantitative estimate of drug-likeness (QED) is 0.195. The SMILES string of the molecule is C/C(F)=C(/C)F.CC.CC.CC(F)=C(F)F.FC(F)=C(F)F.S=S.S=S=S.S=S=S=S=S=S=S=S=S=S=S=S.[CH2-]CCC.[CH2-]CCC.[HH].[Li+].[Li+]. The molecule has 0 saturated heterocycles. The van der Waals surface area contributed by atoms with Crippen molar-refractivity contribution < 1.29 is 78.7 Å². The molecule has 0 aromatic carbocycles. The molecule has 0 nitrogen and oxygen atoms in total. The monoisotopic (exact) mass is 1020 g/mol. The molecule has 0 heterocycles. The summed E-state index contributed by atoms with van der Waals surface area (Å²) < 4.78 is 96.1. The summed E-state index contributed by atoms with van der Waals surface area (Å²) in [7, 11) is 17.2. The van der Waals surface area contributed by atoms with Gasteiger partial charge in [-0.25, -0.2) is 13.2 Å². The zero-order valence-electron chi connectivity index (χ0n) is 28.6. The van der Waals surface area contributed by atoms with Crippen LogP contribution in [-0.4, -0.2) is 0 Å². The van der Waals surface area contributed by atoms with Gasteiger partial charge in [-0.3, -0.25) is 0 Å². The minimum absolute atomic E-state index is 0. The maximum Gasteiger partial charge on any atom is 1.00 e. The molecule has 0 aliphatic rings. The summed E-state index contributed by atoms with van der Waals surface area (Å²) in [6.07, 6.45) is -3.50. The second-order valence-electron chi connectivity index (χ2n) is 4.84. The van der Waals surface area contributed by atoms with Gasteiger partial charge in [0.15, 0.2) is 5.83 Å². The van der Waals surface area contributed by atoms with Crippen molar-refractivity contribution in [2.24, 2.45) is 0 Å². The Balaban J connectivity index is -0.0000000291. The topological polar surface area (TPSA) is 0 Å². The third-order valence-electron chi connectivity index (χ3n) is 1.84. The Hall–Kier alpha value is 3.52. The normalized spacial score (nSPS) is 7.18. The van der Waals surface area contributed by atoms with E-state index in [1.165, 1.54) is 30.6 Å². The number of allylic oxidation sites excluding steroid dienone is 3. The zero-order valence-corrected chi connectivity index (χ0v) is 42.5. The molecule has 0 bridgehead atoms. The molecule has 0 fully saturated rings. The first kappa shape index (κ1) is 84.9. The maximum atomic E-state index is 11.3. The molecule has 0 N–H and O–H groups in total. The molecular formula is C21H41F9Li2S17. The molecule has 0 radical (unpaired) electrons. The first-order chi connectivity index (χ1) is 22.1. The number of unbranched alkanes of at least 4 members (excludes halogenated alkanes) is 2. The molecule has 0 atom stereocenters. The van der Waals surface area contributed by atoms with Crippen LogP contribution >= 0.6 is 0 Å². The fourth-order valence-electron chi connectivity index (χ4n) is 0.0907. The first-order valence-corrected chi connectivity index (χ1v) is 30.4. The van der Waals surface area contributed by atoms with E-state index in [9.17, 15) is 39.5 Å². The molecule has 0 aliphatic carbocycles. The van der Waals surface area contributed by atoms with Crippen molar-refractivity contribution in [2.45, 2.75) is 88.0 Å². The van der Waals surface area contributed by atoms with Crippen LogP contribution in [-0.2, 0) is 165 Å². The van der Waals surface area contributed by atoms with Crippen LogP contribution in [0.5, 0.6) is 0 Å². The van der Waals surface area contributed by atoms with Crippen molar-refractivity contribution in [1.29, 1.82) is 0 Å². The van der Waals surface area contributed by atoms with Crippen LogP contribution in [0.1, 0.15) is 89.4 Å². The van der Waals surface area contributed by atoms with Crippen LogP contribution in [0.25, 0.3) is 0 Å². The summed E-state index contributed by atoms with van der Waals surface area (Å²) in [5, 5.41) is 0. The predicted molar refractivity (Wildman–Crippen MR) is 239 cm³/mol. The van der Waals surface area contributed by atoms with Gasteiger partial charge in [0.05, 0.1) is 0 Å². The van der Waals surface area contributed by atoms with E-state index in [-0.39, 0.29) is 39.1 Å². The first-order valence-electron chi connectivity index (χ1n) is 11.7. The summed E-state index contributed by atoms with van der Waals surface area (Å²) in [5.74, 6) is -2.89. The second kappa shape index (κ2) is 98.6. The molecule has 28 heteroatoms. The minimum Gasteiger partial charge on any atom is -0.343 e. The van der Waals surface area contributed by atoms with Crippen LogP contribution in [0, 0.1) is 13.8 Å². The van der Waals surface area contributed by atoms with Crippen LogP contribution in [0.4, 0.5) is 39.5 Å². The number of hydrogen-bond donors (Lipinski definition) is 0. The maximum absolute atomic E-state index is 11.3. The van der Waals surface area contributed by atoms with E-state index in [0.717, 1.165) is 35.6 Å². The van der Waals surface area contributed by atoms with E-state index in [0.29, 0.717) is 6.92 Å². The van der Waals surface area contributed by atoms with E-state index < -0.39 is 35.7 Å². The average molecular weight is 1020 g/mol. The van der Waals surface area contributed by atoms with Crippen LogP contribution < -0.4 is 37.7 Å². The van der Waals surface area contributed by atoms with Gasteiger partial charge < -0.3 is 13.8 Å². The van der Waals surface area contributed by atoms with E-state index in [1.54, 1.807) is 71.0 Å². The molecule has 0 rings (SSSR count). The van der Waals surface area contributed by atoms with Crippen molar-refractivity contribution in [3.63, 3.8) is 0 Å². The Kier molecular flexibility index (Phi) is 171. The predicted octanol–water partition coefficient (Wildman–Crippen LogP) is 5.76. The summed E-state index contributed by atoms with van der Waals surface area (Å²) in [5.41, 5.74) is 0. The van der Waals surface area contributed by atoms with Gasteiger partial charge in [0, 0.05) is 166 Å². The molecule has 0 amide bonds. The van der Waals surface area contributed by atoms with E-state index >= 15 is 0 Å². The Morgan fingerprint density at radius 2 is 0.612 bits per heavy atom. The fraction of sp³-hybridized carbons (Fsp3) is 0.619. The molecule has 0 saturated carbocycles. The molecule has 292 valence electrons. The Morgan fingerprint density at radius 1 is 0.469 bits per heavy atom. The van der Waals surface area contributed by atoms with Gasteiger partial charge in [-0.1, -0.05) is 54.4 Å². The van der Waals surface area contributed by atoms with Crippen LogP contribution in [0.2, 0.25) is 0 Å². The molecule has 0 unspecified atom stereocenters. The van der Waals surface area contributed by atoms with Gasteiger partial charge in [0.25, 0.3) is 0 Å². The zero-order chi connectivity index (χ0) is 40.1. The third kappa shape index (κ3) is 180. The molecule has 0 aromatic heterocycles. The summed E-state index contributed by atoms with van der Waals surface area (Å²) in [6.45, 7) is 22.3. The number of halogens is 9. The molecule has 0 aliphatic heterocycles. The minimum atomic E-state index is -2.91. The number of rotatable bonds is 2. The summed E-state index contributed by atoms with van der Waals surface area (Å²) >= 11 is 25.0. The van der Waals surface area contributed by atoms with E-state index in [4.69, 9.17) is 0 Å². The smallest absolute Gasteiger partial charge is 0.343 e. The van der Waals surface area contributed by atoms with Gasteiger partial charge in [0.1, 0.15) is 11.7 Å². The Morgan fingerprint density at radius 3 is 0.673 bits per heavy atom. The van der Waals surface area contributed by atoms with Crippen molar-refractivity contribution in [3.05, 3.63) is 49.6 Å². The van der Waals surface area contributed by atoms with Crippen LogP contribution in [0.3, 0.4) is 0 Å². The van der Waals surface area contributed by atoms with Crippen molar-refractivity contribution >= 4 is 165 Å². The standard InChI is InChI=1S/C4H6F2.2C4H9.C3H3F3.C2F4.2C2H6.2Li.S12.S3.S2.H2/c1-3(5)4(2)6;2*1-3-4-2;1-2(4)3(5)6;3-1(4)2(5)6;2*1-2;;;1-3-5-7-9-11-12-10-8-6-4-2;1-3-2;1-2;/h1-2H3;2*1,3-4H2,2H3;1H3;;2*1-2H3;;;;;;1H/q;2*-1;;;;;2*+1;;;;/b4-3+;;;;;;;;;;;;. The third-order valence-corrected chi connectivity index (χ3v) is 21.8. The molecule has 0 aromatic rings. The van der Waals surface area contributed by atoms with Gasteiger partial charge in [-0.2, -0.15) is 39.2 Å².